The largest absolute Gasteiger partial charge is 0.409 e. The van der Waals surface area contributed by atoms with Crippen molar-refractivity contribution in [3.63, 3.8) is 0 Å². The molecule has 17 heavy (non-hydrogen) atoms. The second-order valence-electron chi connectivity index (χ2n) is 3.92. The maximum absolute atomic E-state index is 8.54. The second-order valence-corrected chi connectivity index (χ2v) is 4.83. The lowest BCUT2D eigenvalue weighted by molar-refractivity contribution is 0.318. The molecule has 0 aromatic heterocycles. The average molecular weight is 253 g/mol. The van der Waals surface area contributed by atoms with Crippen LogP contribution in [-0.2, 0) is 6.54 Å². The van der Waals surface area contributed by atoms with Crippen molar-refractivity contribution in [2.24, 2.45) is 10.9 Å². The van der Waals surface area contributed by atoms with Gasteiger partial charge in [-0.05, 0) is 18.7 Å². The Kier molecular flexibility index (Phi) is 5.86. The molecule has 0 aliphatic rings. The number of amidine groups is 1. The Morgan fingerprint density at radius 1 is 1.47 bits per heavy atom. The minimum absolute atomic E-state index is 0.139. The van der Waals surface area contributed by atoms with Crippen molar-refractivity contribution in [3.05, 3.63) is 35.4 Å². The van der Waals surface area contributed by atoms with Gasteiger partial charge in [-0.15, -0.1) is 0 Å². The van der Waals surface area contributed by atoms with Crippen molar-refractivity contribution in [3.8, 4) is 0 Å². The SMILES string of the molecule is CSCC(C)NCc1ccc(/C(N)=N/O)cc1. The highest BCUT2D eigenvalue weighted by atomic mass is 32.2. The number of benzene rings is 1. The van der Waals surface area contributed by atoms with E-state index in [0.717, 1.165) is 17.9 Å². The van der Waals surface area contributed by atoms with Crippen molar-refractivity contribution < 1.29 is 5.21 Å². The van der Waals surface area contributed by atoms with Gasteiger partial charge in [0.2, 0.25) is 0 Å². The van der Waals surface area contributed by atoms with E-state index in [1.807, 2.05) is 36.0 Å². The molecule has 0 radical (unpaired) electrons. The summed E-state index contributed by atoms with van der Waals surface area (Å²) < 4.78 is 0. The number of hydrogen-bond acceptors (Lipinski definition) is 4. The van der Waals surface area contributed by atoms with Crippen LogP contribution < -0.4 is 11.1 Å². The fourth-order valence-corrected chi connectivity index (χ4v) is 2.07. The zero-order valence-electron chi connectivity index (χ0n) is 10.2. The Bertz CT molecular complexity index is 365. The zero-order valence-corrected chi connectivity index (χ0v) is 11.0. The van der Waals surface area contributed by atoms with Crippen LogP contribution in [0.5, 0.6) is 0 Å². The molecule has 0 spiro atoms. The third-order valence-corrected chi connectivity index (χ3v) is 3.26. The third-order valence-electron chi connectivity index (χ3n) is 2.43. The fourth-order valence-electron chi connectivity index (χ4n) is 1.45. The van der Waals surface area contributed by atoms with E-state index in [4.69, 9.17) is 10.9 Å². The number of nitrogens with two attached hydrogens (primary N) is 1. The normalized spacial score (nSPS) is 13.6. The Hall–Kier alpha value is -1.20. The van der Waals surface area contributed by atoms with E-state index in [1.54, 1.807) is 0 Å². The van der Waals surface area contributed by atoms with Crippen LogP contribution in [0.15, 0.2) is 29.4 Å². The number of nitrogens with zero attached hydrogens (tertiary/aromatic N) is 1. The first kappa shape index (κ1) is 13.9. The number of thioether (sulfide) groups is 1. The van der Waals surface area contributed by atoms with Gasteiger partial charge >= 0.3 is 0 Å². The first-order chi connectivity index (χ1) is 8.17. The molecule has 0 heterocycles. The van der Waals surface area contributed by atoms with Crippen molar-refractivity contribution in [2.45, 2.75) is 19.5 Å². The van der Waals surface area contributed by atoms with Crippen molar-refractivity contribution in [1.29, 1.82) is 0 Å². The van der Waals surface area contributed by atoms with Crippen LogP contribution in [0, 0.1) is 0 Å². The van der Waals surface area contributed by atoms with Gasteiger partial charge in [0.1, 0.15) is 0 Å². The van der Waals surface area contributed by atoms with Crippen molar-refractivity contribution >= 4 is 17.6 Å². The summed E-state index contributed by atoms with van der Waals surface area (Å²) in [4.78, 5) is 0. The molecule has 1 aromatic carbocycles. The molecule has 0 amide bonds. The van der Waals surface area contributed by atoms with Crippen molar-refractivity contribution in [1.82, 2.24) is 5.32 Å². The fraction of sp³-hybridized carbons (Fsp3) is 0.417. The smallest absolute Gasteiger partial charge is 0.170 e. The topological polar surface area (TPSA) is 70.6 Å². The Morgan fingerprint density at radius 2 is 2.12 bits per heavy atom. The summed E-state index contributed by atoms with van der Waals surface area (Å²) in [6.07, 6.45) is 2.10. The monoisotopic (exact) mass is 253 g/mol. The quantitative estimate of drug-likeness (QED) is 0.312. The molecule has 0 saturated heterocycles. The molecule has 0 bridgehead atoms. The summed E-state index contributed by atoms with van der Waals surface area (Å²) in [5.74, 6) is 1.24. The molecule has 0 aliphatic heterocycles. The van der Waals surface area contributed by atoms with Crippen molar-refractivity contribution in [2.75, 3.05) is 12.0 Å². The van der Waals surface area contributed by atoms with Gasteiger partial charge < -0.3 is 16.3 Å². The van der Waals surface area contributed by atoms with E-state index < -0.39 is 0 Å². The van der Waals surface area contributed by atoms with Gasteiger partial charge in [0.05, 0.1) is 0 Å². The molecular formula is C12H19N3OS. The summed E-state index contributed by atoms with van der Waals surface area (Å²) >= 11 is 1.83. The van der Waals surface area contributed by atoms with Gasteiger partial charge in [0.25, 0.3) is 0 Å². The van der Waals surface area contributed by atoms with Gasteiger partial charge in [-0.3, -0.25) is 0 Å². The van der Waals surface area contributed by atoms with E-state index in [2.05, 4.69) is 23.7 Å². The van der Waals surface area contributed by atoms with E-state index >= 15 is 0 Å². The van der Waals surface area contributed by atoms with Crippen LogP contribution in [-0.4, -0.2) is 29.1 Å². The van der Waals surface area contributed by atoms with E-state index in [9.17, 15) is 0 Å². The van der Waals surface area contributed by atoms with Crippen LogP contribution in [0.2, 0.25) is 0 Å². The molecule has 1 rings (SSSR count). The number of hydrogen-bond donors (Lipinski definition) is 3. The van der Waals surface area contributed by atoms with Gasteiger partial charge in [0.15, 0.2) is 5.84 Å². The molecule has 0 saturated carbocycles. The first-order valence-corrected chi connectivity index (χ1v) is 6.86. The molecule has 0 aliphatic carbocycles. The average Bonchev–Trinajstić information content (AvgIpc) is 2.36. The summed E-state index contributed by atoms with van der Waals surface area (Å²) in [5, 5.41) is 14.9. The van der Waals surface area contributed by atoms with Crippen LogP contribution in [0.25, 0.3) is 0 Å². The lowest BCUT2D eigenvalue weighted by Gasteiger charge is -2.12. The van der Waals surface area contributed by atoms with Gasteiger partial charge in [-0.2, -0.15) is 11.8 Å². The maximum atomic E-state index is 8.54. The van der Waals surface area contributed by atoms with Crippen LogP contribution in [0.3, 0.4) is 0 Å². The predicted octanol–water partition coefficient (Wildman–Crippen LogP) is 1.62. The zero-order chi connectivity index (χ0) is 12.7. The predicted molar refractivity (Wildman–Crippen MR) is 73.6 cm³/mol. The lowest BCUT2D eigenvalue weighted by atomic mass is 10.1. The highest BCUT2D eigenvalue weighted by Crippen LogP contribution is 2.05. The van der Waals surface area contributed by atoms with Gasteiger partial charge in [-0.1, -0.05) is 29.4 Å². The third kappa shape index (κ3) is 4.66. The van der Waals surface area contributed by atoms with Gasteiger partial charge in [0, 0.05) is 23.9 Å². The minimum Gasteiger partial charge on any atom is -0.409 e. The molecule has 5 heteroatoms. The summed E-state index contributed by atoms with van der Waals surface area (Å²) in [5.41, 5.74) is 7.41. The maximum Gasteiger partial charge on any atom is 0.170 e. The van der Waals surface area contributed by atoms with Crippen LogP contribution >= 0.6 is 11.8 Å². The molecule has 4 N–H and O–H groups in total. The van der Waals surface area contributed by atoms with E-state index in [1.165, 1.54) is 5.56 Å². The molecule has 94 valence electrons. The number of nitrogens with one attached hydrogen (secondary N) is 1. The van der Waals surface area contributed by atoms with E-state index in [0.29, 0.717) is 6.04 Å². The van der Waals surface area contributed by atoms with E-state index in [-0.39, 0.29) is 5.84 Å². The summed E-state index contributed by atoms with van der Waals surface area (Å²) in [7, 11) is 0. The lowest BCUT2D eigenvalue weighted by Crippen LogP contribution is -2.27. The number of rotatable bonds is 6. The summed E-state index contributed by atoms with van der Waals surface area (Å²) in [6, 6.07) is 8.16. The Labute approximate surface area is 106 Å². The Morgan fingerprint density at radius 3 is 2.65 bits per heavy atom. The second kappa shape index (κ2) is 7.19. The van der Waals surface area contributed by atoms with Crippen LogP contribution in [0.1, 0.15) is 18.1 Å². The highest BCUT2D eigenvalue weighted by molar-refractivity contribution is 7.98. The Balaban J connectivity index is 2.51. The first-order valence-electron chi connectivity index (χ1n) is 5.46. The standard InChI is InChI=1S/C12H19N3OS/c1-9(8-17-2)14-7-10-3-5-11(6-4-10)12(13)15-16/h3-6,9,14,16H,7-8H2,1-2H3,(H2,13,15). The molecular weight excluding hydrogens is 234 g/mol. The molecule has 4 nitrogen and oxygen atoms in total. The molecule has 1 aromatic rings. The van der Waals surface area contributed by atoms with Gasteiger partial charge in [-0.25, -0.2) is 0 Å². The number of oxime groups is 1. The minimum atomic E-state index is 0.139. The van der Waals surface area contributed by atoms with Crippen LogP contribution in [0.4, 0.5) is 0 Å². The summed E-state index contributed by atoms with van der Waals surface area (Å²) in [6.45, 7) is 3.00. The molecule has 1 unspecified atom stereocenters. The molecule has 1 atom stereocenters. The molecule has 0 fully saturated rings. The highest BCUT2D eigenvalue weighted by Gasteiger charge is 2.02.